The number of alkyl halides is 3. The van der Waals surface area contributed by atoms with Crippen LogP contribution in [0.4, 0.5) is 22.0 Å². The molecule has 0 radical (unpaired) electrons. The number of phenolic OH excluding ortho intramolecular Hbond substituents is 1. The number of para-hydroxylation sites is 10. The third-order valence-electron chi connectivity index (χ3n) is 20.6. The number of aromatic nitrogens is 10. The van der Waals surface area contributed by atoms with Crippen molar-refractivity contribution in [2.75, 3.05) is 0 Å². The molecule has 0 fully saturated rings. The molecule has 26 heteroatoms. The van der Waals surface area contributed by atoms with Gasteiger partial charge in [-0.15, -0.1) is 0 Å². The van der Waals surface area contributed by atoms with Crippen molar-refractivity contribution in [3.63, 3.8) is 0 Å². The second kappa shape index (κ2) is 35.7. The van der Waals surface area contributed by atoms with Crippen LogP contribution >= 0.6 is 0 Å². The Kier molecular flexibility index (Phi) is 23.4. The highest BCUT2D eigenvalue weighted by molar-refractivity contribution is 5.98. The van der Waals surface area contributed by atoms with Crippen molar-refractivity contribution in [1.82, 2.24) is 73.5 Å². The topological polar surface area (TPSA) is 252 Å². The number of fused-ring (bicyclic) bond motifs is 15. The molecular formula is C97H76F5N15O6. The van der Waals surface area contributed by atoms with Gasteiger partial charge in [0.1, 0.15) is 17.4 Å². The second-order valence-corrected chi connectivity index (χ2v) is 28.9. The number of nitrogens with zero attached hydrogens (tertiary/aromatic N) is 10. The molecule has 10 aromatic heterocycles. The Morgan fingerprint density at radius 3 is 1.07 bits per heavy atom. The van der Waals surface area contributed by atoms with E-state index < -0.39 is 41.1 Å². The lowest BCUT2D eigenvalue weighted by atomic mass is 10.1. The molecule has 1 aliphatic carbocycles. The number of phenols is 1. The number of carbonyl (C=O) groups is 5. The molecule has 0 atom stereocenters. The van der Waals surface area contributed by atoms with E-state index in [1.54, 1.807) is 12.1 Å². The number of allylic oxidation sites excluding steroid dienone is 3. The van der Waals surface area contributed by atoms with E-state index in [0.717, 1.165) is 135 Å². The molecule has 19 aromatic rings. The molecule has 10 heterocycles. The standard InChI is InChI=1S/C21H16F3N3O.C20H17N3O.C19H14FN3O2.C19H14FN3O.C18H15N3O/c1-13-9-14(11-15(10-13)21(22,23)24)20(28)25-12-17-19-7-4-8-27(19)18-6-3-2-5-16(18)26-17;1-14-6-4-7-15(12-14)20(24)21-13-17-19-10-5-11-23(19)18-9-3-2-8-16(18)22-17;20-14-8-7-12(24)10-13(14)19(25)21-11-16-18-6-3-9-23(18)17-5-2-1-4-15(17)22-16;20-14-7-2-1-6-13(14)19(24)21-12-16-18-10-5-11-23(18)17-9-4-3-8-15(17)22-16;22-18(13-6-1-2-7-13)19-12-15-17-10-5-11-21(17)16-9-4-3-8-14(16)20-15/h2-11H,12H2,1H3,(H,25,28);2-12H,13H2,1H3,(H,21,24);1-10,24H,11H2,(H,21,25);1-11H,12H2,(H,21,24);1-6,8-11H,7,12H2,(H,19,22). The summed E-state index contributed by atoms with van der Waals surface area (Å²) in [5.41, 5.74) is 19.6. The van der Waals surface area contributed by atoms with Crippen LogP contribution in [0.15, 0.2) is 322 Å². The number of aryl methyl sites for hydroxylation is 2. The lowest BCUT2D eigenvalue weighted by Gasteiger charge is -2.12. The van der Waals surface area contributed by atoms with E-state index in [1.807, 2.05) is 276 Å². The van der Waals surface area contributed by atoms with Crippen molar-refractivity contribution < 1.29 is 51.0 Å². The number of hydrogen-bond donors (Lipinski definition) is 6. The fourth-order valence-corrected chi connectivity index (χ4v) is 14.7. The van der Waals surface area contributed by atoms with E-state index in [9.17, 15) is 51.0 Å². The zero-order chi connectivity index (χ0) is 85.3. The zero-order valence-electron chi connectivity index (χ0n) is 66.1. The van der Waals surface area contributed by atoms with Crippen molar-refractivity contribution in [1.29, 1.82) is 0 Å². The zero-order valence-corrected chi connectivity index (χ0v) is 66.1. The van der Waals surface area contributed by atoms with Crippen molar-refractivity contribution in [2.45, 2.75) is 59.2 Å². The highest BCUT2D eigenvalue weighted by Crippen LogP contribution is 2.32. The summed E-state index contributed by atoms with van der Waals surface area (Å²) in [6, 6.07) is 78.8. The normalized spacial score (nSPS) is 11.7. The minimum Gasteiger partial charge on any atom is -0.508 e. The number of amides is 5. The van der Waals surface area contributed by atoms with Crippen LogP contribution < -0.4 is 26.6 Å². The Morgan fingerprint density at radius 1 is 0.341 bits per heavy atom. The van der Waals surface area contributed by atoms with Gasteiger partial charge >= 0.3 is 6.18 Å². The van der Waals surface area contributed by atoms with Crippen molar-refractivity contribution in [2.24, 2.45) is 0 Å². The summed E-state index contributed by atoms with van der Waals surface area (Å²) in [6.45, 7) is 4.80. The predicted molar refractivity (Wildman–Crippen MR) is 464 cm³/mol. The molecule has 0 saturated heterocycles. The van der Waals surface area contributed by atoms with Gasteiger partial charge in [0, 0.05) is 47.7 Å². The van der Waals surface area contributed by atoms with Crippen molar-refractivity contribution >= 4 is 112 Å². The van der Waals surface area contributed by atoms with Crippen LogP contribution in [0.1, 0.15) is 93.0 Å². The quantitative estimate of drug-likeness (QED) is 0.0526. The number of carbonyl (C=O) groups excluding carboxylic acids is 5. The maximum absolute atomic E-state index is 13.8. The van der Waals surface area contributed by atoms with Crippen LogP contribution in [0.3, 0.4) is 0 Å². The largest absolute Gasteiger partial charge is 0.508 e. The van der Waals surface area contributed by atoms with Gasteiger partial charge in [-0.2, -0.15) is 13.2 Å². The van der Waals surface area contributed by atoms with Crippen LogP contribution in [0.2, 0.25) is 0 Å². The van der Waals surface area contributed by atoms with E-state index in [-0.39, 0.29) is 53.9 Å². The van der Waals surface area contributed by atoms with Crippen LogP contribution in [0.25, 0.3) is 82.8 Å². The summed E-state index contributed by atoms with van der Waals surface area (Å²) in [5.74, 6) is -3.12. The van der Waals surface area contributed by atoms with Crippen LogP contribution in [0, 0.1) is 25.5 Å². The fourth-order valence-electron chi connectivity index (χ4n) is 14.7. The fraction of sp³-hybridized carbons (Fsp3) is 0.0928. The highest BCUT2D eigenvalue weighted by atomic mass is 19.4. The smallest absolute Gasteiger partial charge is 0.416 e. The maximum atomic E-state index is 13.8. The average Bonchev–Trinajstić information content (AvgIpc) is 1.71. The molecule has 1 aliphatic rings. The van der Waals surface area contributed by atoms with Gasteiger partial charge < -0.3 is 53.7 Å². The summed E-state index contributed by atoms with van der Waals surface area (Å²) in [5, 5.41) is 23.5. The predicted octanol–water partition coefficient (Wildman–Crippen LogP) is 18.3. The summed E-state index contributed by atoms with van der Waals surface area (Å²) in [6.07, 6.45) is 11.8. The first-order valence-corrected chi connectivity index (χ1v) is 39.2. The first-order valence-electron chi connectivity index (χ1n) is 39.2. The summed E-state index contributed by atoms with van der Waals surface area (Å²) >= 11 is 0. The molecule has 123 heavy (non-hydrogen) atoms. The number of aromatic hydroxyl groups is 1. The first-order chi connectivity index (χ1) is 59.7. The Balaban J connectivity index is 0.000000114. The van der Waals surface area contributed by atoms with Crippen molar-refractivity contribution in [3.8, 4) is 5.75 Å². The SMILES string of the molecule is Cc1cc(C(=O)NCc2nc3ccccc3n3cccc23)cc(C(F)(F)F)c1.Cc1cccc(C(=O)NCc2nc3ccccc3n3cccc23)c1.O=C(NCc1nc2ccccc2n2cccc12)C1=CC=CC1.O=C(NCc1nc2ccccc2n2cccc12)c1cc(O)ccc1F.O=C(NCc1nc2ccccc2n2cccc12)c1ccccc1F. The van der Waals surface area contributed by atoms with Crippen LogP contribution in [-0.4, -0.2) is 81.6 Å². The van der Waals surface area contributed by atoms with Gasteiger partial charge in [0.25, 0.3) is 23.6 Å². The van der Waals surface area contributed by atoms with Crippen LogP contribution in [-0.2, 0) is 43.7 Å². The van der Waals surface area contributed by atoms with Crippen molar-refractivity contribution in [3.05, 3.63) is 401 Å². The van der Waals surface area contributed by atoms with Gasteiger partial charge in [0.15, 0.2) is 0 Å². The Labute approximate surface area is 698 Å². The molecule has 21 nitrogen and oxygen atoms in total. The Bertz CT molecular complexity index is 7350. The molecule has 0 aliphatic heterocycles. The maximum Gasteiger partial charge on any atom is 0.416 e. The third-order valence-corrected chi connectivity index (χ3v) is 20.6. The van der Waals surface area contributed by atoms with Gasteiger partial charge in [-0.3, -0.25) is 24.0 Å². The number of benzene rings is 9. The average molecular weight is 1640 g/mol. The first kappa shape index (κ1) is 80.8. The molecule has 5 amide bonds. The number of hydrogen-bond acceptors (Lipinski definition) is 11. The Hall–Kier alpha value is -16.0. The Morgan fingerprint density at radius 2 is 0.683 bits per heavy atom. The minimum absolute atomic E-state index is 0.0235. The molecule has 0 bridgehead atoms. The van der Waals surface area contributed by atoms with Gasteiger partial charge in [-0.25, -0.2) is 33.7 Å². The molecule has 0 saturated carbocycles. The minimum atomic E-state index is -4.50. The second-order valence-electron chi connectivity index (χ2n) is 28.9. The van der Waals surface area contributed by atoms with E-state index in [1.165, 1.54) is 31.2 Å². The number of rotatable bonds is 15. The van der Waals surface area contributed by atoms with E-state index >= 15 is 0 Å². The van der Waals surface area contributed by atoms with E-state index in [4.69, 9.17) is 9.97 Å². The number of nitrogens with one attached hydrogen (secondary N) is 5. The third kappa shape index (κ3) is 17.9. The van der Waals surface area contributed by atoms with E-state index in [2.05, 4.69) is 50.3 Å². The van der Waals surface area contributed by atoms with Gasteiger partial charge in [-0.05, 0) is 208 Å². The van der Waals surface area contributed by atoms with Gasteiger partial charge in [0.05, 0.1) is 161 Å². The van der Waals surface area contributed by atoms with Crippen LogP contribution in [0.5, 0.6) is 5.75 Å². The molecular weight excluding hydrogens is 1570 g/mol. The molecule has 610 valence electrons. The van der Waals surface area contributed by atoms with Gasteiger partial charge in [0.2, 0.25) is 5.91 Å². The summed E-state index contributed by atoms with van der Waals surface area (Å²) in [4.78, 5) is 84.6. The molecule has 0 unspecified atom stereocenters. The lowest BCUT2D eigenvalue weighted by Crippen LogP contribution is -2.24. The molecule has 9 aromatic carbocycles. The molecule has 0 spiro atoms. The lowest BCUT2D eigenvalue weighted by molar-refractivity contribution is -0.137. The highest BCUT2D eigenvalue weighted by Gasteiger charge is 2.32. The summed E-state index contributed by atoms with van der Waals surface area (Å²) in [7, 11) is 0. The monoisotopic (exact) mass is 1640 g/mol. The van der Waals surface area contributed by atoms with E-state index in [0.29, 0.717) is 42.0 Å². The van der Waals surface area contributed by atoms with Gasteiger partial charge in [-0.1, -0.05) is 109 Å². The summed E-state index contributed by atoms with van der Waals surface area (Å²) < 4.78 is 76.7. The number of halogens is 5. The molecule has 20 rings (SSSR count). The molecule has 6 N–H and O–H groups in total.